The van der Waals surface area contributed by atoms with Crippen LogP contribution in [0.5, 0.6) is 0 Å². The molecule has 1 atom stereocenters. The second-order valence-electron chi connectivity index (χ2n) is 4.30. The summed E-state index contributed by atoms with van der Waals surface area (Å²) in [6.07, 6.45) is 1.64. The predicted octanol–water partition coefficient (Wildman–Crippen LogP) is 0.486. The van der Waals surface area contributed by atoms with Crippen molar-refractivity contribution in [1.82, 2.24) is 4.31 Å². The minimum Gasteiger partial charge on any atom is -0.598 e. The van der Waals surface area contributed by atoms with E-state index in [2.05, 4.69) is 5.32 Å². The second-order valence-corrected chi connectivity index (χ2v) is 5.67. The van der Waals surface area contributed by atoms with E-state index in [0.29, 0.717) is 13.1 Å². The molecule has 16 heavy (non-hydrogen) atoms. The van der Waals surface area contributed by atoms with Crippen LogP contribution in [0.3, 0.4) is 0 Å². The van der Waals surface area contributed by atoms with E-state index in [1.165, 1.54) is 0 Å². The standard InChI is InChI=1S/C11H12N2O2S/c1-16(15)13-6-11(7-13)8-4-2-3-5-9(8)12-10(11)14/h2-5H,6-7H2,1H3,(H,12,14). The lowest BCUT2D eigenvalue weighted by Crippen LogP contribution is -2.63. The second kappa shape index (κ2) is 3.23. The summed E-state index contributed by atoms with van der Waals surface area (Å²) < 4.78 is 13.1. The molecule has 1 saturated heterocycles. The number of fused-ring (bicyclic) bond motifs is 2. The SMILES string of the molecule is C[S+]([O-])N1CC2(C1)C(=O)Nc1ccccc12. The first-order valence-electron chi connectivity index (χ1n) is 5.13. The Balaban J connectivity index is 1.96. The minimum atomic E-state index is -0.984. The molecule has 2 aliphatic rings. The molecule has 1 amide bonds. The first-order chi connectivity index (χ1) is 7.63. The van der Waals surface area contributed by atoms with Gasteiger partial charge in [0, 0.05) is 17.0 Å². The summed E-state index contributed by atoms with van der Waals surface area (Å²) in [5.74, 6) is 0.0374. The summed E-state index contributed by atoms with van der Waals surface area (Å²) in [4.78, 5) is 12.0. The van der Waals surface area contributed by atoms with Crippen LogP contribution in [0.15, 0.2) is 24.3 Å². The normalized spacial score (nSPS) is 23.8. The van der Waals surface area contributed by atoms with Gasteiger partial charge in [0.2, 0.25) is 5.91 Å². The Bertz CT molecular complexity index is 455. The highest BCUT2D eigenvalue weighted by atomic mass is 32.2. The van der Waals surface area contributed by atoms with Crippen molar-refractivity contribution in [3.05, 3.63) is 29.8 Å². The van der Waals surface area contributed by atoms with Crippen molar-refractivity contribution in [2.24, 2.45) is 0 Å². The van der Waals surface area contributed by atoms with E-state index in [4.69, 9.17) is 0 Å². The molecule has 1 fully saturated rings. The van der Waals surface area contributed by atoms with Crippen molar-refractivity contribution in [3.63, 3.8) is 0 Å². The van der Waals surface area contributed by atoms with Gasteiger partial charge < -0.3 is 9.87 Å². The third-order valence-corrected chi connectivity index (χ3v) is 4.37. The van der Waals surface area contributed by atoms with Gasteiger partial charge in [-0.05, 0) is 11.6 Å². The maximum absolute atomic E-state index is 12.0. The van der Waals surface area contributed by atoms with Gasteiger partial charge in [-0.25, -0.2) is 0 Å². The molecule has 1 aromatic carbocycles. The molecule has 1 spiro atoms. The Morgan fingerprint density at radius 3 is 2.81 bits per heavy atom. The van der Waals surface area contributed by atoms with Gasteiger partial charge in [0.05, 0.1) is 13.1 Å². The van der Waals surface area contributed by atoms with E-state index >= 15 is 0 Å². The van der Waals surface area contributed by atoms with Crippen molar-refractivity contribution >= 4 is 23.0 Å². The van der Waals surface area contributed by atoms with Crippen molar-refractivity contribution in [2.75, 3.05) is 24.7 Å². The first kappa shape index (κ1) is 10.1. The fraction of sp³-hybridized carbons (Fsp3) is 0.364. The van der Waals surface area contributed by atoms with Crippen LogP contribution in [0.25, 0.3) is 0 Å². The molecule has 1 aromatic rings. The summed E-state index contributed by atoms with van der Waals surface area (Å²) in [6.45, 7) is 1.11. The van der Waals surface area contributed by atoms with Crippen molar-refractivity contribution in [1.29, 1.82) is 0 Å². The third-order valence-electron chi connectivity index (χ3n) is 3.38. The summed E-state index contributed by atoms with van der Waals surface area (Å²) in [5, 5.41) is 2.89. The van der Waals surface area contributed by atoms with E-state index < -0.39 is 16.8 Å². The van der Waals surface area contributed by atoms with E-state index in [9.17, 15) is 9.35 Å². The van der Waals surface area contributed by atoms with Crippen molar-refractivity contribution < 1.29 is 9.35 Å². The third kappa shape index (κ3) is 1.16. The van der Waals surface area contributed by atoms with Gasteiger partial charge in [-0.3, -0.25) is 4.79 Å². The molecule has 1 N–H and O–H groups in total. The highest BCUT2D eigenvalue weighted by Gasteiger charge is 2.58. The van der Waals surface area contributed by atoms with Gasteiger partial charge in [0.25, 0.3) is 0 Å². The first-order valence-corrected chi connectivity index (χ1v) is 6.64. The predicted molar refractivity (Wildman–Crippen MR) is 62.4 cm³/mol. The number of carbonyl (C=O) groups excluding carboxylic acids is 1. The van der Waals surface area contributed by atoms with Crippen LogP contribution in [0.2, 0.25) is 0 Å². The summed E-state index contributed by atoms with van der Waals surface area (Å²) in [6, 6.07) is 7.73. The lowest BCUT2D eigenvalue weighted by molar-refractivity contribution is -0.124. The fourth-order valence-corrected chi connectivity index (χ4v) is 3.23. The van der Waals surface area contributed by atoms with Gasteiger partial charge in [-0.2, -0.15) is 0 Å². The summed E-state index contributed by atoms with van der Waals surface area (Å²) in [7, 11) is 0. The average Bonchev–Trinajstić information content (AvgIpc) is 2.47. The largest absolute Gasteiger partial charge is 0.598 e. The molecule has 0 bridgehead atoms. The highest BCUT2D eigenvalue weighted by Crippen LogP contribution is 2.44. The van der Waals surface area contributed by atoms with Crippen LogP contribution in [-0.4, -0.2) is 34.1 Å². The number of amides is 1. The Hall–Kier alpha value is -1.04. The van der Waals surface area contributed by atoms with Crippen LogP contribution in [0.4, 0.5) is 5.69 Å². The van der Waals surface area contributed by atoms with Gasteiger partial charge >= 0.3 is 0 Å². The Labute approximate surface area is 96.9 Å². The molecule has 1 unspecified atom stereocenters. The van der Waals surface area contributed by atoms with Crippen molar-refractivity contribution in [2.45, 2.75) is 5.41 Å². The molecular formula is C11H12N2O2S. The highest BCUT2D eigenvalue weighted by molar-refractivity contribution is 7.88. The number of nitrogens with one attached hydrogen (secondary N) is 1. The van der Waals surface area contributed by atoms with E-state index in [1.54, 1.807) is 6.26 Å². The lowest BCUT2D eigenvalue weighted by atomic mass is 9.76. The Morgan fingerprint density at radius 2 is 2.12 bits per heavy atom. The van der Waals surface area contributed by atoms with Gasteiger partial charge in [-0.15, -0.1) is 4.31 Å². The fourth-order valence-electron chi connectivity index (χ4n) is 2.43. The zero-order chi connectivity index (χ0) is 11.3. The molecule has 0 saturated carbocycles. The number of hydrogen-bond acceptors (Lipinski definition) is 3. The number of benzene rings is 1. The molecule has 5 heteroatoms. The van der Waals surface area contributed by atoms with Gasteiger partial charge in [-0.1, -0.05) is 18.2 Å². The smallest absolute Gasteiger partial charge is 0.238 e. The molecule has 3 rings (SSSR count). The van der Waals surface area contributed by atoms with Crippen LogP contribution < -0.4 is 5.32 Å². The molecule has 4 nitrogen and oxygen atoms in total. The molecule has 0 aromatic heterocycles. The zero-order valence-electron chi connectivity index (χ0n) is 8.90. The summed E-state index contributed by atoms with van der Waals surface area (Å²) in [5.41, 5.74) is 1.48. The molecule has 2 aliphatic heterocycles. The molecular weight excluding hydrogens is 224 g/mol. The topological polar surface area (TPSA) is 55.4 Å². The average molecular weight is 236 g/mol. The van der Waals surface area contributed by atoms with Crippen LogP contribution >= 0.6 is 0 Å². The number of carbonyl (C=O) groups is 1. The Kier molecular flexibility index (Phi) is 2.04. The van der Waals surface area contributed by atoms with Crippen LogP contribution in [-0.2, 0) is 21.6 Å². The van der Waals surface area contributed by atoms with Gasteiger partial charge in [0.15, 0.2) is 0 Å². The zero-order valence-corrected chi connectivity index (χ0v) is 9.71. The quantitative estimate of drug-likeness (QED) is 0.722. The molecule has 2 heterocycles. The number of anilines is 1. The van der Waals surface area contributed by atoms with E-state index in [1.807, 2.05) is 28.6 Å². The molecule has 0 aliphatic carbocycles. The number of para-hydroxylation sites is 1. The van der Waals surface area contributed by atoms with Gasteiger partial charge in [0.1, 0.15) is 11.7 Å². The molecule has 84 valence electrons. The number of rotatable bonds is 1. The number of hydrogen-bond donors (Lipinski definition) is 1. The minimum absolute atomic E-state index is 0.0374. The monoisotopic (exact) mass is 236 g/mol. The number of nitrogens with zero attached hydrogens (tertiary/aromatic N) is 1. The van der Waals surface area contributed by atoms with Crippen molar-refractivity contribution in [3.8, 4) is 0 Å². The lowest BCUT2D eigenvalue weighted by Gasteiger charge is -2.43. The van der Waals surface area contributed by atoms with E-state index in [0.717, 1.165) is 11.3 Å². The van der Waals surface area contributed by atoms with Crippen LogP contribution in [0.1, 0.15) is 5.56 Å². The maximum atomic E-state index is 12.0. The van der Waals surface area contributed by atoms with Crippen LogP contribution in [0, 0.1) is 0 Å². The summed E-state index contributed by atoms with van der Waals surface area (Å²) >= 11 is -0.984. The Morgan fingerprint density at radius 1 is 1.44 bits per heavy atom. The maximum Gasteiger partial charge on any atom is 0.238 e. The van der Waals surface area contributed by atoms with E-state index in [-0.39, 0.29) is 5.91 Å². The molecule has 0 radical (unpaired) electrons.